The Hall–Kier alpha value is -1.59. The molecule has 0 spiro atoms. The van der Waals surface area contributed by atoms with Crippen LogP contribution in [0.4, 0.5) is 0 Å². The van der Waals surface area contributed by atoms with Gasteiger partial charge in [-0.15, -0.1) is 0 Å². The summed E-state index contributed by atoms with van der Waals surface area (Å²) in [5, 5.41) is 3.06. The molecular weight excluding hydrogens is 282 g/mol. The number of carbonyl (C=O) groups is 3. The van der Waals surface area contributed by atoms with Crippen LogP contribution in [0.15, 0.2) is 0 Å². The van der Waals surface area contributed by atoms with Crippen LogP contribution in [0.25, 0.3) is 0 Å². The summed E-state index contributed by atoms with van der Waals surface area (Å²) < 4.78 is 0. The van der Waals surface area contributed by atoms with Gasteiger partial charge in [0.15, 0.2) is 0 Å². The van der Waals surface area contributed by atoms with Gasteiger partial charge in [0.1, 0.15) is 0 Å². The number of hydrogen-bond acceptors (Lipinski definition) is 3. The summed E-state index contributed by atoms with van der Waals surface area (Å²) in [6.45, 7) is 9.43. The van der Waals surface area contributed by atoms with Crippen LogP contribution in [-0.4, -0.2) is 58.7 Å². The van der Waals surface area contributed by atoms with E-state index in [0.717, 1.165) is 12.8 Å². The fourth-order valence-corrected chi connectivity index (χ4v) is 3.19. The monoisotopic (exact) mass is 309 g/mol. The zero-order valence-electron chi connectivity index (χ0n) is 14.0. The maximum atomic E-state index is 12.4. The van der Waals surface area contributed by atoms with E-state index in [0.29, 0.717) is 26.1 Å². The van der Waals surface area contributed by atoms with Crippen LogP contribution in [-0.2, 0) is 14.4 Å². The summed E-state index contributed by atoms with van der Waals surface area (Å²) in [6.07, 6.45) is 1.87. The number of rotatable bonds is 2. The van der Waals surface area contributed by atoms with E-state index in [1.165, 1.54) is 0 Å². The van der Waals surface area contributed by atoms with Crippen LogP contribution >= 0.6 is 0 Å². The average Bonchev–Trinajstić information content (AvgIpc) is 2.81. The minimum Gasteiger partial charge on any atom is -0.353 e. The molecule has 2 heterocycles. The fourth-order valence-electron chi connectivity index (χ4n) is 3.19. The van der Waals surface area contributed by atoms with E-state index in [1.54, 1.807) is 11.8 Å². The van der Waals surface area contributed by atoms with Crippen molar-refractivity contribution >= 4 is 17.7 Å². The lowest BCUT2D eigenvalue weighted by atomic mass is 10.0. The molecule has 0 radical (unpaired) electrons. The van der Waals surface area contributed by atoms with Gasteiger partial charge in [0.25, 0.3) is 0 Å². The molecule has 1 N–H and O–H groups in total. The standard InChI is InChI=1S/C16H27N3O3/c1-11(20)18-7-5-13(6-8-18)17-15(22)12-9-14(21)19(10-12)16(2,3)4/h12-13H,5-10H2,1-4H3,(H,17,22). The molecule has 6 nitrogen and oxygen atoms in total. The molecule has 0 aromatic rings. The van der Waals surface area contributed by atoms with Gasteiger partial charge in [-0.1, -0.05) is 0 Å². The number of piperidine rings is 1. The zero-order valence-corrected chi connectivity index (χ0v) is 14.0. The van der Waals surface area contributed by atoms with E-state index in [1.807, 2.05) is 25.7 Å². The first-order chi connectivity index (χ1) is 10.2. The van der Waals surface area contributed by atoms with E-state index in [4.69, 9.17) is 0 Å². The first-order valence-electron chi connectivity index (χ1n) is 8.05. The Kier molecular flexibility index (Phi) is 4.78. The average molecular weight is 309 g/mol. The highest BCUT2D eigenvalue weighted by Gasteiger charge is 2.39. The lowest BCUT2D eigenvalue weighted by Crippen LogP contribution is -2.48. The molecular formula is C16H27N3O3. The largest absolute Gasteiger partial charge is 0.353 e. The molecule has 2 fully saturated rings. The predicted molar refractivity (Wildman–Crippen MR) is 83.0 cm³/mol. The van der Waals surface area contributed by atoms with Gasteiger partial charge in [-0.05, 0) is 33.6 Å². The summed E-state index contributed by atoms with van der Waals surface area (Å²) in [4.78, 5) is 39.3. The van der Waals surface area contributed by atoms with Gasteiger partial charge in [0.2, 0.25) is 17.7 Å². The topological polar surface area (TPSA) is 69.7 Å². The summed E-state index contributed by atoms with van der Waals surface area (Å²) in [5.41, 5.74) is -0.237. The summed E-state index contributed by atoms with van der Waals surface area (Å²) in [7, 11) is 0. The molecule has 0 bridgehead atoms. The Morgan fingerprint density at radius 3 is 2.23 bits per heavy atom. The molecule has 0 aliphatic carbocycles. The van der Waals surface area contributed by atoms with Gasteiger partial charge in [0.05, 0.1) is 5.92 Å². The van der Waals surface area contributed by atoms with Crippen molar-refractivity contribution in [3.63, 3.8) is 0 Å². The van der Waals surface area contributed by atoms with E-state index >= 15 is 0 Å². The number of nitrogens with one attached hydrogen (secondary N) is 1. The highest BCUT2D eigenvalue weighted by molar-refractivity contribution is 5.89. The molecule has 1 unspecified atom stereocenters. The Morgan fingerprint density at radius 1 is 1.18 bits per heavy atom. The van der Waals surface area contributed by atoms with E-state index < -0.39 is 0 Å². The molecule has 2 aliphatic rings. The maximum absolute atomic E-state index is 12.4. The fraction of sp³-hybridized carbons (Fsp3) is 0.812. The maximum Gasteiger partial charge on any atom is 0.225 e. The molecule has 0 saturated carbocycles. The highest BCUT2D eigenvalue weighted by Crippen LogP contribution is 2.26. The van der Waals surface area contributed by atoms with Crippen LogP contribution in [0.1, 0.15) is 47.0 Å². The number of likely N-dealkylation sites (tertiary alicyclic amines) is 2. The molecule has 124 valence electrons. The van der Waals surface area contributed by atoms with Gasteiger partial charge in [-0.3, -0.25) is 14.4 Å². The van der Waals surface area contributed by atoms with Crippen molar-refractivity contribution in [2.75, 3.05) is 19.6 Å². The second-order valence-corrected chi connectivity index (χ2v) is 7.37. The van der Waals surface area contributed by atoms with Crippen LogP contribution in [0.5, 0.6) is 0 Å². The Morgan fingerprint density at radius 2 is 1.77 bits per heavy atom. The third-order valence-corrected chi connectivity index (χ3v) is 4.59. The van der Waals surface area contributed by atoms with Crippen molar-refractivity contribution in [2.45, 2.75) is 58.5 Å². The smallest absolute Gasteiger partial charge is 0.225 e. The van der Waals surface area contributed by atoms with E-state index in [9.17, 15) is 14.4 Å². The number of nitrogens with zero attached hydrogens (tertiary/aromatic N) is 2. The molecule has 2 aliphatic heterocycles. The first-order valence-corrected chi connectivity index (χ1v) is 8.05. The van der Waals surface area contributed by atoms with Crippen molar-refractivity contribution in [1.29, 1.82) is 0 Å². The second kappa shape index (κ2) is 6.26. The Balaban J connectivity index is 1.84. The Bertz CT molecular complexity index is 462. The normalized spacial score (nSPS) is 23.8. The lowest BCUT2D eigenvalue weighted by molar-refractivity contribution is -0.132. The highest BCUT2D eigenvalue weighted by atomic mass is 16.2. The van der Waals surface area contributed by atoms with Gasteiger partial charge in [-0.2, -0.15) is 0 Å². The van der Waals surface area contributed by atoms with Crippen molar-refractivity contribution in [2.24, 2.45) is 5.92 Å². The minimum absolute atomic E-state index is 0.0265. The van der Waals surface area contributed by atoms with Gasteiger partial charge in [-0.25, -0.2) is 0 Å². The lowest BCUT2D eigenvalue weighted by Gasteiger charge is -2.33. The third-order valence-electron chi connectivity index (χ3n) is 4.59. The first kappa shape index (κ1) is 16.8. The zero-order chi connectivity index (χ0) is 16.5. The van der Waals surface area contributed by atoms with Crippen LogP contribution < -0.4 is 5.32 Å². The second-order valence-electron chi connectivity index (χ2n) is 7.37. The third kappa shape index (κ3) is 3.78. The number of amides is 3. The molecule has 0 aromatic heterocycles. The van der Waals surface area contributed by atoms with Crippen LogP contribution in [0.2, 0.25) is 0 Å². The molecule has 6 heteroatoms. The van der Waals surface area contributed by atoms with Crippen molar-refractivity contribution in [1.82, 2.24) is 15.1 Å². The molecule has 0 aromatic carbocycles. The molecule has 1 atom stereocenters. The molecule has 2 saturated heterocycles. The number of carbonyl (C=O) groups excluding carboxylic acids is 3. The summed E-state index contributed by atoms with van der Waals surface area (Å²) in [6, 6.07) is 0.113. The summed E-state index contributed by atoms with van der Waals surface area (Å²) in [5.74, 6) is -0.134. The van der Waals surface area contributed by atoms with E-state index in [-0.39, 0.29) is 35.2 Å². The van der Waals surface area contributed by atoms with E-state index in [2.05, 4.69) is 5.32 Å². The number of hydrogen-bond donors (Lipinski definition) is 1. The molecule has 22 heavy (non-hydrogen) atoms. The SMILES string of the molecule is CC(=O)N1CCC(NC(=O)C2CC(=O)N(C(C)(C)C)C2)CC1. The Labute approximate surface area is 132 Å². The van der Waals surface area contributed by atoms with Crippen molar-refractivity contribution < 1.29 is 14.4 Å². The van der Waals surface area contributed by atoms with Gasteiger partial charge in [0, 0.05) is 44.6 Å². The van der Waals surface area contributed by atoms with Gasteiger partial charge >= 0.3 is 0 Å². The molecule has 3 amide bonds. The van der Waals surface area contributed by atoms with Crippen LogP contribution in [0.3, 0.4) is 0 Å². The summed E-state index contributed by atoms with van der Waals surface area (Å²) >= 11 is 0. The van der Waals surface area contributed by atoms with Crippen molar-refractivity contribution in [3.05, 3.63) is 0 Å². The minimum atomic E-state index is -0.252. The molecule has 2 rings (SSSR count). The van der Waals surface area contributed by atoms with Crippen LogP contribution in [0, 0.1) is 5.92 Å². The van der Waals surface area contributed by atoms with Gasteiger partial charge < -0.3 is 15.1 Å². The predicted octanol–water partition coefficient (Wildman–Crippen LogP) is 0.761. The van der Waals surface area contributed by atoms with Crippen molar-refractivity contribution in [3.8, 4) is 0 Å². The quantitative estimate of drug-likeness (QED) is 0.819.